The second-order valence-electron chi connectivity index (χ2n) is 5.52. The number of nitrogens with zero attached hydrogens (tertiary/aromatic N) is 4. The van der Waals surface area contributed by atoms with Gasteiger partial charge in [0.1, 0.15) is 5.82 Å². The van der Waals surface area contributed by atoms with E-state index in [1.165, 1.54) is 0 Å². The summed E-state index contributed by atoms with van der Waals surface area (Å²) >= 11 is 0. The largest absolute Gasteiger partial charge is 0.366 e. The second-order valence-corrected chi connectivity index (χ2v) is 5.52. The Morgan fingerprint density at radius 3 is 2.45 bits per heavy atom. The molecular weight excluding hydrogens is 274 g/mol. The number of hydrogen-bond donors (Lipinski definition) is 1. The molecule has 0 aliphatic rings. The fraction of sp³-hybridized carbons (Fsp3) is 0.235. The first kappa shape index (κ1) is 14.3. The molecule has 0 atom stereocenters. The van der Waals surface area contributed by atoms with Crippen LogP contribution in [0.4, 0.5) is 5.82 Å². The standard InChI is InChI=1S/C17H19N5/c1-12(2)19-17-8-7-15(20-21-17)13-5-4-6-14(11-13)16-9-10-18-22(16)3/h4-12H,1-3H3,(H,19,21). The Morgan fingerprint density at radius 1 is 1.00 bits per heavy atom. The van der Waals surface area contributed by atoms with Gasteiger partial charge in [-0.1, -0.05) is 18.2 Å². The summed E-state index contributed by atoms with van der Waals surface area (Å²) in [5.41, 5.74) is 4.09. The molecule has 0 bridgehead atoms. The van der Waals surface area contributed by atoms with Crippen molar-refractivity contribution in [3.63, 3.8) is 0 Å². The van der Waals surface area contributed by atoms with Crippen molar-refractivity contribution in [2.45, 2.75) is 19.9 Å². The number of hydrogen-bond acceptors (Lipinski definition) is 4. The van der Waals surface area contributed by atoms with Gasteiger partial charge in [0.05, 0.1) is 11.4 Å². The van der Waals surface area contributed by atoms with Crippen LogP contribution in [0.25, 0.3) is 22.5 Å². The van der Waals surface area contributed by atoms with E-state index < -0.39 is 0 Å². The van der Waals surface area contributed by atoms with Crippen LogP contribution < -0.4 is 5.32 Å². The third-order valence-electron chi connectivity index (χ3n) is 3.38. The van der Waals surface area contributed by atoms with Crippen molar-refractivity contribution in [2.75, 3.05) is 5.32 Å². The molecule has 0 radical (unpaired) electrons. The first-order valence-corrected chi connectivity index (χ1v) is 7.32. The zero-order chi connectivity index (χ0) is 15.5. The summed E-state index contributed by atoms with van der Waals surface area (Å²) in [7, 11) is 1.94. The van der Waals surface area contributed by atoms with Gasteiger partial charge in [-0.3, -0.25) is 4.68 Å². The lowest BCUT2D eigenvalue weighted by atomic mass is 10.1. The van der Waals surface area contributed by atoms with Gasteiger partial charge in [-0.05, 0) is 38.1 Å². The molecule has 0 amide bonds. The minimum atomic E-state index is 0.341. The SMILES string of the molecule is CC(C)Nc1ccc(-c2cccc(-c3ccnn3C)c2)nn1. The molecule has 0 fully saturated rings. The molecule has 2 heterocycles. The van der Waals surface area contributed by atoms with E-state index in [0.29, 0.717) is 6.04 Å². The van der Waals surface area contributed by atoms with Crippen LogP contribution in [0.2, 0.25) is 0 Å². The van der Waals surface area contributed by atoms with Crippen LogP contribution in [0.15, 0.2) is 48.7 Å². The molecule has 0 saturated carbocycles. The summed E-state index contributed by atoms with van der Waals surface area (Å²) in [4.78, 5) is 0. The van der Waals surface area contributed by atoms with Crippen LogP contribution in [0.3, 0.4) is 0 Å². The van der Waals surface area contributed by atoms with Gasteiger partial charge in [0.2, 0.25) is 0 Å². The summed E-state index contributed by atoms with van der Waals surface area (Å²) in [5.74, 6) is 0.793. The lowest BCUT2D eigenvalue weighted by Gasteiger charge is -2.09. The number of aryl methyl sites for hydroxylation is 1. The molecule has 112 valence electrons. The molecule has 0 unspecified atom stereocenters. The van der Waals surface area contributed by atoms with Crippen LogP contribution in [-0.4, -0.2) is 26.0 Å². The molecule has 5 heteroatoms. The minimum Gasteiger partial charge on any atom is -0.366 e. The molecule has 1 aromatic carbocycles. The highest BCUT2D eigenvalue weighted by Crippen LogP contribution is 2.24. The maximum Gasteiger partial charge on any atom is 0.148 e. The number of anilines is 1. The third kappa shape index (κ3) is 2.98. The third-order valence-corrected chi connectivity index (χ3v) is 3.38. The minimum absolute atomic E-state index is 0.341. The van der Waals surface area contributed by atoms with Gasteiger partial charge < -0.3 is 5.32 Å². The predicted molar refractivity (Wildman–Crippen MR) is 88.4 cm³/mol. The molecule has 0 aliphatic heterocycles. The van der Waals surface area contributed by atoms with Crippen molar-refractivity contribution in [3.05, 3.63) is 48.7 Å². The van der Waals surface area contributed by atoms with Crippen molar-refractivity contribution >= 4 is 5.82 Å². The van der Waals surface area contributed by atoms with E-state index in [1.807, 2.05) is 42.1 Å². The lowest BCUT2D eigenvalue weighted by molar-refractivity contribution is 0.776. The Morgan fingerprint density at radius 2 is 1.82 bits per heavy atom. The first-order chi connectivity index (χ1) is 10.6. The zero-order valence-electron chi connectivity index (χ0n) is 13.0. The van der Waals surface area contributed by atoms with Gasteiger partial charge in [0, 0.05) is 30.4 Å². The Kier molecular flexibility index (Phi) is 3.87. The molecular formula is C17H19N5. The molecule has 0 saturated heterocycles. The van der Waals surface area contributed by atoms with Gasteiger partial charge in [0.25, 0.3) is 0 Å². The summed E-state index contributed by atoms with van der Waals surface area (Å²) < 4.78 is 1.86. The lowest BCUT2D eigenvalue weighted by Crippen LogP contribution is -2.11. The average molecular weight is 293 g/mol. The van der Waals surface area contributed by atoms with Crippen LogP contribution in [0, 0.1) is 0 Å². The maximum absolute atomic E-state index is 4.31. The fourth-order valence-electron chi connectivity index (χ4n) is 2.35. The molecule has 2 aromatic heterocycles. The van der Waals surface area contributed by atoms with E-state index in [0.717, 1.165) is 28.3 Å². The predicted octanol–water partition coefficient (Wildman–Crippen LogP) is 3.36. The summed E-state index contributed by atoms with van der Waals surface area (Å²) in [6.07, 6.45) is 1.80. The number of rotatable bonds is 4. The molecule has 3 rings (SSSR count). The monoisotopic (exact) mass is 293 g/mol. The molecule has 1 N–H and O–H groups in total. The molecule has 0 spiro atoms. The topological polar surface area (TPSA) is 55.6 Å². The zero-order valence-corrected chi connectivity index (χ0v) is 13.0. The van der Waals surface area contributed by atoms with Crippen LogP contribution in [0.5, 0.6) is 0 Å². The van der Waals surface area contributed by atoms with Gasteiger partial charge in [-0.2, -0.15) is 5.10 Å². The quantitative estimate of drug-likeness (QED) is 0.801. The van der Waals surface area contributed by atoms with Gasteiger partial charge in [0.15, 0.2) is 0 Å². The Balaban J connectivity index is 1.91. The smallest absolute Gasteiger partial charge is 0.148 e. The molecule has 22 heavy (non-hydrogen) atoms. The highest BCUT2D eigenvalue weighted by molar-refractivity contribution is 5.69. The van der Waals surface area contributed by atoms with E-state index >= 15 is 0 Å². The number of aromatic nitrogens is 4. The fourth-order valence-corrected chi connectivity index (χ4v) is 2.35. The maximum atomic E-state index is 4.31. The van der Waals surface area contributed by atoms with Crippen LogP contribution in [-0.2, 0) is 7.05 Å². The van der Waals surface area contributed by atoms with E-state index in [-0.39, 0.29) is 0 Å². The van der Waals surface area contributed by atoms with Gasteiger partial charge in [-0.25, -0.2) is 0 Å². The van der Waals surface area contributed by atoms with E-state index in [9.17, 15) is 0 Å². The van der Waals surface area contributed by atoms with Gasteiger partial charge in [-0.15, -0.1) is 10.2 Å². The molecule has 3 aromatic rings. The van der Waals surface area contributed by atoms with Crippen LogP contribution in [0.1, 0.15) is 13.8 Å². The normalized spacial score (nSPS) is 10.9. The van der Waals surface area contributed by atoms with Crippen molar-refractivity contribution in [1.29, 1.82) is 0 Å². The number of nitrogens with one attached hydrogen (secondary N) is 1. The Labute approximate surface area is 130 Å². The van der Waals surface area contributed by atoms with E-state index in [1.54, 1.807) is 6.20 Å². The Hall–Kier alpha value is -2.69. The van der Waals surface area contributed by atoms with Crippen molar-refractivity contribution in [1.82, 2.24) is 20.0 Å². The highest BCUT2D eigenvalue weighted by atomic mass is 15.3. The van der Waals surface area contributed by atoms with Gasteiger partial charge >= 0.3 is 0 Å². The van der Waals surface area contributed by atoms with Crippen molar-refractivity contribution < 1.29 is 0 Å². The first-order valence-electron chi connectivity index (χ1n) is 7.32. The average Bonchev–Trinajstić information content (AvgIpc) is 2.94. The van der Waals surface area contributed by atoms with Crippen molar-refractivity contribution in [2.24, 2.45) is 7.05 Å². The van der Waals surface area contributed by atoms with Crippen molar-refractivity contribution in [3.8, 4) is 22.5 Å². The highest BCUT2D eigenvalue weighted by Gasteiger charge is 2.06. The summed E-state index contributed by atoms with van der Waals surface area (Å²) in [6.45, 7) is 4.15. The summed E-state index contributed by atoms with van der Waals surface area (Å²) in [6, 6.07) is 14.5. The van der Waals surface area contributed by atoms with Crippen LogP contribution >= 0.6 is 0 Å². The Bertz CT molecular complexity index is 759. The second kappa shape index (κ2) is 5.97. The van der Waals surface area contributed by atoms with E-state index in [2.05, 4.69) is 46.6 Å². The molecule has 5 nitrogen and oxygen atoms in total. The summed E-state index contributed by atoms with van der Waals surface area (Å²) in [5, 5.41) is 16.0. The molecule has 0 aliphatic carbocycles. The van der Waals surface area contributed by atoms with E-state index in [4.69, 9.17) is 0 Å². The number of benzene rings is 1.